The Balaban J connectivity index is 2.29. The van der Waals surface area contributed by atoms with Gasteiger partial charge in [0.05, 0.1) is 6.61 Å². The molecular weight excluding hydrogens is 250 g/mol. The van der Waals surface area contributed by atoms with Crippen LogP contribution in [0.1, 0.15) is 45.6 Å². The molecule has 1 saturated heterocycles. The summed E-state index contributed by atoms with van der Waals surface area (Å²) in [5.74, 6) is 1.12. The number of likely N-dealkylation sites (tertiary alicyclic amines) is 1. The van der Waals surface area contributed by atoms with Crippen LogP contribution >= 0.6 is 0 Å². The summed E-state index contributed by atoms with van der Waals surface area (Å²) in [7, 11) is 0. The minimum absolute atomic E-state index is 0.105. The average Bonchev–Trinajstić information content (AvgIpc) is 2.86. The number of carbonyl (C=O) groups excluding carboxylic acids is 1. The number of benzene rings is 1. The van der Waals surface area contributed by atoms with Crippen LogP contribution in [-0.2, 0) is 10.2 Å². The molecular formula is C17H25NO2. The molecule has 20 heavy (non-hydrogen) atoms. The molecule has 0 N–H and O–H groups in total. The molecule has 1 aliphatic rings. The molecule has 0 radical (unpaired) electrons. The van der Waals surface area contributed by atoms with Crippen molar-refractivity contribution in [3.05, 3.63) is 29.8 Å². The van der Waals surface area contributed by atoms with Gasteiger partial charge in [0.25, 0.3) is 0 Å². The van der Waals surface area contributed by atoms with Crippen LogP contribution in [0.3, 0.4) is 0 Å². The summed E-state index contributed by atoms with van der Waals surface area (Å²) in [6.07, 6.45) is 3.30. The summed E-state index contributed by atoms with van der Waals surface area (Å²) < 4.78 is 5.62. The lowest BCUT2D eigenvalue weighted by molar-refractivity contribution is -0.128. The smallest absolute Gasteiger partial charge is 0.219 e. The first-order chi connectivity index (χ1) is 9.61. The van der Waals surface area contributed by atoms with Crippen molar-refractivity contribution in [1.29, 1.82) is 0 Å². The van der Waals surface area contributed by atoms with Crippen LogP contribution in [0.25, 0.3) is 0 Å². The van der Waals surface area contributed by atoms with Crippen molar-refractivity contribution < 1.29 is 9.53 Å². The molecule has 1 amide bonds. The number of nitrogens with zero attached hydrogens (tertiary/aromatic N) is 1. The predicted molar refractivity (Wildman–Crippen MR) is 81.1 cm³/mol. The Bertz CT molecular complexity index is 472. The largest absolute Gasteiger partial charge is 0.494 e. The van der Waals surface area contributed by atoms with Gasteiger partial charge in [-0.05, 0) is 37.5 Å². The topological polar surface area (TPSA) is 29.5 Å². The molecule has 0 unspecified atom stereocenters. The molecule has 3 nitrogen and oxygen atoms in total. The highest BCUT2D eigenvalue weighted by Crippen LogP contribution is 2.39. The summed E-state index contributed by atoms with van der Waals surface area (Å²) >= 11 is 0. The van der Waals surface area contributed by atoms with E-state index in [1.165, 1.54) is 5.56 Å². The lowest BCUT2D eigenvalue weighted by Gasteiger charge is -2.30. The zero-order valence-electron chi connectivity index (χ0n) is 12.8. The van der Waals surface area contributed by atoms with Crippen molar-refractivity contribution in [3.8, 4) is 5.75 Å². The van der Waals surface area contributed by atoms with Gasteiger partial charge in [0.1, 0.15) is 5.75 Å². The van der Waals surface area contributed by atoms with E-state index in [2.05, 4.69) is 25.1 Å². The lowest BCUT2D eigenvalue weighted by Crippen LogP contribution is -2.33. The van der Waals surface area contributed by atoms with Gasteiger partial charge in [0.15, 0.2) is 0 Å². The fourth-order valence-electron chi connectivity index (χ4n) is 3.29. The molecule has 1 fully saturated rings. The van der Waals surface area contributed by atoms with Gasteiger partial charge in [-0.15, -0.1) is 0 Å². The van der Waals surface area contributed by atoms with Crippen molar-refractivity contribution in [2.75, 3.05) is 19.7 Å². The summed E-state index contributed by atoms with van der Waals surface area (Å²) in [6.45, 7) is 8.27. The molecule has 1 atom stereocenters. The first kappa shape index (κ1) is 14.9. The SMILES string of the molecule is CCC[C@@]1(c2cccc(OCC)c2)CCN(C(C)=O)C1. The van der Waals surface area contributed by atoms with Crippen LogP contribution in [-0.4, -0.2) is 30.5 Å². The molecule has 0 spiro atoms. The van der Waals surface area contributed by atoms with E-state index in [-0.39, 0.29) is 11.3 Å². The predicted octanol–water partition coefficient (Wildman–Crippen LogP) is 3.38. The molecule has 1 heterocycles. The summed E-state index contributed by atoms with van der Waals surface area (Å²) in [5, 5.41) is 0. The first-order valence-electron chi connectivity index (χ1n) is 7.60. The van der Waals surface area contributed by atoms with Crippen LogP contribution in [0.5, 0.6) is 5.75 Å². The number of hydrogen-bond donors (Lipinski definition) is 0. The van der Waals surface area contributed by atoms with Crippen LogP contribution in [0.15, 0.2) is 24.3 Å². The highest BCUT2D eigenvalue weighted by Gasteiger charge is 2.39. The molecule has 110 valence electrons. The van der Waals surface area contributed by atoms with E-state index in [9.17, 15) is 4.79 Å². The van der Waals surface area contributed by atoms with E-state index in [4.69, 9.17) is 4.74 Å². The van der Waals surface area contributed by atoms with Crippen molar-refractivity contribution in [3.63, 3.8) is 0 Å². The Hall–Kier alpha value is -1.51. The van der Waals surface area contributed by atoms with Crippen molar-refractivity contribution >= 4 is 5.91 Å². The quantitative estimate of drug-likeness (QED) is 0.824. The van der Waals surface area contributed by atoms with Gasteiger partial charge in [0, 0.05) is 25.4 Å². The third-order valence-electron chi connectivity index (χ3n) is 4.29. The summed E-state index contributed by atoms with van der Waals surface area (Å²) in [6, 6.07) is 8.41. The zero-order valence-corrected chi connectivity index (χ0v) is 12.8. The number of carbonyl (C=O) groups is 1. The highest BCUT2D eigenvalue weighted by atomic mass is 16.5. The van der Waals surface area contributed by atoms with E-state index < -0.39 is 0 Å². The first-order valence-corrected chi connectivity index (χ1v) is 7.60. The Kier molecular flexibility index (Phi) is 4.69. The number of rotatable bonds is 5. The molecule has 1 aromatic carbocycles. The number of amides is 1. The zero-order chi connectivity index (χ0) is 14.6. The third kappa shape index (κ3) is 2.97. The molecule has 0 bridgehead atoms. The Morgan fingerprint density at radius 2 is 2.20 bits per heavy atom. The van der Waals surface area contributed by atoms with Gasteiger partial charge in [-0.2, -0.15) is 0 Å². The lowest BCUT2D eigenvalue weighted by atomic mass is 9.76. The molecule has 1 aromatic rings. The number of ether oxygens (including phenoxy) is 1. The highest BCUT2D eigenvalue weighted by molar-refractivity contribution is 5.73. The summed E-state index contributed by atoms with van der Waals surface area (Å²) in [4.78, 5) is 13.6. The van der Waals surface area contributed by atoms with Crippen LogP contribution in [0, 0.1) is 0 Å². The molecule has 0 aromatic heterocycles. The van der Waals surface area contributed by atoms with Gasteiger partial charge in [-0.3, -0.25) is 4.79 Å². The maximum atomic E-state index is 11.6. The molecule has 3 heteroatoms. The van der Waals surface area contributed by atoms with Crippen molar-refractivity contribution in [2.24, 2.45) is 0 Å². The molecule has 0 aliphatic carbocycles. The Morgan fingerprint density at radius 1 is 1.40 bits per heavy atom. The maximum absolute atomic E-state index is 11.6. The Labute approximate surface area is 121 Å². The minimum Gasteiger partial charge on any atom is -0.494 e. The van der Waals surface area contributed by atoms with Crippen LogP contribution < -0.4 is 4.74 Å². The Morgan fingerprint density at radius 3 is 2.80 bits per heavy atom. The van der Waals surface area contributed by atoms with Crippen molar-refractivity contribution in [2.45, 2.75) is 45.4 Å². The fraction of sp³-hybridized carbons (Fsp3) is 0.588. The van der Waals surface area contributed by atoms with E-state index in [1.54, 1.807) is 6.92 Å². The van der Waals surface area contributed by atoms with Gasteiger partial charge < -0.3 is 9.64 Å². The fourth-order valence-corrected chi connectivity index (χ4v) is 3.29. The standard InChI is InChI=1S/C17H25NO2/c1-4-9-17(10-11-18(13-17)14(3)19)15-7-6-8-16(12-15)20-5-2/h6-8,12H,4-5,9-11,13H2,1-3H3/t17-/m1/s1. The second-order valence-electron chi connectivity index (χ2n) is 5.68. The van der Waals surface area contributed by atoms with Gasteiger partial charge in [-0.25, -0.2) is 0 Å². The molecule has 0 saturated carbocycles. The molecule has 2 rings (SSSR count). The second kappa shape index (κ2) is 6.29. The number of hydrogen-bond acceptors (Lipinski definition) is 2. The summed E-state index contributed by atoms with van der Waals surface area (Å²) in [5.41, 5.74) is 1.42. The van der Waals surface area contributed by atoms with Crippen LogP contribution in [0.2, 0.25) is 0 Å². The van der Waals surface area contributed by atoms with Gasteiger partial charge in [0.2, 0.25) is 5.91 Å². The minimum atomic E-state index is 0.105. The second-order valence-corrected chi connectivity index (χ2v) is 5.68. The van der Waals surface area contributed by atoms with E-state index in [1.807, 2.05) is 17.9 Å². The van der Waals surface area contributed by atoms with E-state index in [0.29, 0.717) is 6.61 Å². The van der Waals surface area contributed by atoms with Crippen molar-refractivity contribution in [1.82, 2.24) is 4.90 Å². The molecule has 1 aliphatic heterocycles. The van der Waals surface area contributed by atoms with Crippen LogP contribution in [0.4, 0.5) is 0 Å². The van der Waals surface area contributed by atoms with E-state index in [0.717, 1.165) is 38.1 Å². The average molecular weight is 275 g/mol. The van der Waals surface area contributed by atoms with E-state index >= 15 is 0 Å². The monoisotopic (exact) mass is 275 g/mol. The van der Waals surface area contributed by atoms with Gasteiger partial charge >= 0.3 is 0 Å². The third-order valence-corrected chi connectivity index (χ3v) is 4.29. The van der Waals surface area contributed by atoms with Gasteiger partial charge in [-0.1, -0.05) is 25.5 Å². The maximum Gasteiger partial charge on any atom is 0.219 e. The normalized spacial score (nSPS) is 22.1.